The van der Waals surface area contributed by atoms with Crippen molar-refractivity contribution >= 4 is 27.4 Å². The molecular formula is C24H24FN5O3S. The van der Waals surface area contributed by atoms with Crippen LogP contribution in [0.15, 0.2) is 59.8 Å². The Morgan fingerprint density at radius 1 is 0.941 bits per heavy atom. The molecule has 0 N–H and O–H groups in total. The molecule has 0 spiro atoms. The first kappa shape index (κ1) is 22.4. The molecule has 0 atom stereocenters. The highest BCUT2D eigenvalue weighted by molar-refractivity contribution is 7.89. The minimum atomic E-state index is -3.65. The average molecular weight is 482 g/mol. The third-order valence-corrected chi connectivity index (χ3v) is 8.21. The maximum atomic E-state index is 13.3. The van der Waals surface area contributed by atoms with Crippen LogP contribution in [0.4, 0.5) is 15.9 Å². The van der Waals surface area contributed by atoms with Gasteiger partial charge in [-0.05, 0) is 54.4 Å². The number of carbonyl (C=O) groups is 1. The van der Waals surface area contributed by atoms with Gasteiger partial charge in [0.05, 0.1) is 10.6 Å². The zero-order valence-corrected chi connectivity index (χ0v) is 19.5. The lowest BCUT2D eigenvalue weighted by Gasteiger charge is -2.34. The van der Waals surface area contributed by atoms with Gasteiger partial charge in [-0.2, -0.15) is 4.31 Å². The minimum absolute atomic E-state index is 0.0437. The summed E-state index contributed by atoms with van der Waals surface area (Å²) >= 11 is 0. The van der Waals surface area contributed by atoms with E-state index in [1.807, 2.05) is 11.0 Å². The molecule has 3 heterocycles. The molecule has 2 aliphatic heterocycles. The molecule has 2 aromatic carbocycles. The van der Waals surface area contributed by atoms with Crippen molar-refractivity contribution in [3.05, 3.63) is 66.2 Å². The molecule has 8 nitrogen and oxygen atoms in total. The minimum Gasteiger partial charge on any atom is -0.354 e. The van der Waals surface area contributed by atoms with Gasteiger partial charge in [0.1, 0.15) is 18.0 Å². The number of piperazine rings is 1. The topological polar surface area (TPSA) is 86.7 Å². The fourth-order valence-electron chi connectivity index (χ4n) is 4.47. The van der Waals surface area contributed by atoms with Crippen molar-refractivity contribution in [2.45, 2.75) is 18.2 Å². The number of rotatable bonds is 4. The predicted molar refractivity (Wildman–Crippen MR) is 127 cm³/mol. The summed E-state index contributed by atoms with van der Waals surface area (Å²) in [5.41, 5.74) is 3.13. The fourth-order valence-corrected chi connectivity index (χ4v) is 5.94. The summed E-state index contributed by atoms with van der Waals surface area (Å²) in [4.78, 5) is 24.4. The van der Waals surface area contributed by atoms with Gasteiger partial charge in [-0.15, -0.1) is 0 Å². The SMILES string of the molecule is CC(=O)N1CCc2cc(S(=O)(=O)N3CCN(c4cc(-c5ccc(F)cc5)ncn4)CC3)ccc21. The van der Waals surface area contributed by atoms with Gasteiger partial charge >= 0.3 is 0 Å². The Bertz CT molecular complexity index is 1340. The number of benzene rings is 2. The second-order valence-corrected chi connectivity index (χ2v) is 10.3. The molecule has 0 radical (unpaired) electrons. The first-order valence-electron chi connectivity index (χ1n) is 11.1. The highest BCUT2D eigenvalue weighted by atomic mass is 32.2. The predicted octanol–water partition coefficient (Wildman–Crippen LogP) is 2.70. The van der Waals surface area contributed by atoms with Crippen LogP contribution in [0.2, 0.25) is 0 Å². The number of anilines is 2. The Morgan fingerprint density at radius 2 is 1.68 bits per heavy atom. The number of aromatic nitrogens is 2. The third-order valence-electron chi connectivity index (χ3n) is 6.32. The zero-order chi connectivity index (χ0) is 23.9. The Hall–Kier alpha value is -3.37. The van der Waals surface area contributed by atoms with Crippen molar-refractivity contribution in [1.29, 1.82) is 0 Å². The highest BCUT2D eigenvalue weighted by Gasteiger charge is 2.31. The zero-order valence-electron chi connectivity index (χ0n) is 18.7. The van der Waals surface area contributed by atoms with Crippen molar-refractivity contribution in [1.82, 2.24) is 14.3 Å². The van der Waals surface area contributed by atoms with Gasteiger partial charge in [-0.25, -0.2) is 22.8 Å². The molecule has 0 saturated carbocycles. The van der Waals surface area contributed by atoms with Crippen LogP contribution < -0.4 is 9.80 Å². The average Bonchev–Trinajstić information content (AvgIpc) is 3.28. The summed E-state index contributed by atoms with van der Waals surface area (Å²) in [6.45, 7) is 3.72. The first-order valence-corrected chi connectivity index (χ1v) is 12.5. The maximum absolute atomic E-state index is 13.3. The summed E-state index contributed by atoms with van der Waals surface area (Å²) in [6, 6.07) is 12.9. The lowest BCUT2D eigenvalue weighted by Crippen LogP contribution is -2.48. The van der Waals surface area contributed by atoms with E-state index in [9.17, 15) is 17.6 Å². The van der Waals surface area contributed by atoms with Gasteiger partial charge < -0.3 is 9.80 Å². The van der Waals surface area contributed by atoms with Crippen molar-refractivity contribution in [3.8, 4) is 11.3 Å². The fraction of sp³-hybridized carbons (Fsp3) is 0.292. The third kappa shape index (κ3) is 4.14. The lowest BCUT2D eigenvalue weighted by molar-refractivity contribution is -0.116. The Labute approximate surface area is 197 Å². The number of sulfonamides is 1. The van der Waals surface area contributed by atoms with Crippen LogP contribution in [0, 0.1) is 5.82 Å². The first-order chi connectivity index (χ1) is 16.3. The number of fused-ring (bicyclic) bond motifs is 1. The molecule has 10 heteroatoms. The van der Waals surface area contributed by atoms with Crippen molar-refractivity contribution in [2.75, 3.05) is 42.5 Å². The molecule has 5 rings (SSSR count). The van der Waals surface area contributed by atoms with E-state index in [4.69, 9.17) is 0 Å². The van der Waals surface area contributed by atoms with Gasteiger partial charge in [-0.1, -0.05) is 0 Å². The van der Waals surface area contributed by atoms with E-state index in [0.717, 1.165) is 16.8 Å². The normalized spacial score (nSPS) is 16.5. The molecule has 0 aliphatic carbocycles. The summed E-state index contributed by atoms with van der Waals surface area (Å²) in [7, 11) is -3.65. The van der Waals surface area contributed by atoms with Gasteiger partial charge in [0, 0.05) is 57.0 Å². The van der Waals surface area contributed by atoms with E-state index in [-0.39, 0.29) is 16.6 Å². The van der Waals surface area contributed by atoms with E-state index in [1.165, 1.54) is 29.7 Å². The van der Waals surface area contributed by atoms with Crippen LogP contribution in [0.1, 0.15) is 12.5 Å². The van der Waals surface area contributed by atoms with E-state index in [1.54, 1.807) is 35.2 Å². The van der Waals surface area contributed by atoms with Crippen molar-refractivity contribution < 1.29 is 17.6 Å². The van der Waals surface area contributed by atoms with Crippen LogP contribution in [0.5, 0.6) is 0 Å². The second-order valence-electron chi connectivity index (χ2n) is 8.37. The molecule has 3 aromatic rings. The van der Waals surface area contributed by atoms with E-state index in [0.29, 0.717) is 50.7 Å². The molecule has 1 fully saturated rings. The maximum Gasteiger partial charge on any atom is 0.243 e. The number of halogens is 1. The summed E-state index contributed by atoms with van der Waals surface area (Å²) < 4.78 is 41.3. The molecule has 176 valence electrons. The molecule has 0 unspecified atom stereocenters. The highest BCUT2D eigenvalue weighted by Crippen LogP contribution is 2.31. The summed E-state index contributed by atoms with van der Waals surface area (Å²) in [6.07, 6.45) is 2.11. The Kier molecular flexibility index (Phi) is 5.78. The largest absolute Gasteiger partial charge is 0.354 e. The number of carbonyl (C=O) groups excluding carboxylic acids is 1. The number of hydrogen-bond donors (Lipinski definition) is 0. The molecule has 0 bridgehead atoms. The standard InChI is InChI=1S/C24H24FN5O3S/c1-17(31)30-9-8-19-14-21(6-7-23(19)30)34(32,33)29-12-10-28(11-13-29)24-15-22(26-16-27-24)18-2-4-20(25)5-3-18/h2-7,14-16H,8-13H2,1H3. The number of nitrogens with zero attached hydrogens (tertiary/aromatic N) is 5. The Morgan fingerprint density at radius 3 is 2.38 bits per heavy atom. The van der Waals surface area contributed by atoms with E-state index >= 15 is 0 Å². The van der Waals surface area contributed by atoms with E-state index in [2.05, 4.69) is 9.97 Å². The van der Waals surface area contributed by atoms with Crippen LogP contribution in [-0.4, -0.2) is 61.3 Å². The smallest absolute Gasteiger partial charge is 0.243 e. The monoisotopic (exact) mass is 481 g/mol. The molecule has 1 amide bonds. The van der Waals surface area contributed by atoms with E-state index < -0.39 is 10.0 Å². The summed E-state index contributed by atoms with van der Waals surface area (Å²) in [5.74, 6) is 0.348. The lowest BCUT2D eigenvalue weighted by atomic mass is 10.1. The number of hydrogen-bond acceptors (Lipinski definition) is 6. The molecular weight excluding hydrogens is 457 g/mol. The van der Waals surface area contributed by atoms with Gasteiger partial charge in [0.25, 0.3) is 0 Å². The van der Waals surface area contributed by atoms with Crippen molar-refractivity contribution in [2.24, 2.45) is 0 Å². The van der Waals surface area contributed by atoms with Gasteiger partial charge in [-0.3, -0.25) is 4.79 Å². The molecule has 1 aromatic heterocycles. The molecule has 34 heavy (non-hydrogen) atoms. The number of amides is 1. The van der Waals surface area contributed by atoms with Crippen LogP contribution in [0.25, 0.3) is 11.3 Å². The molecule has 2 aliphatic rings. The van der Waals surface area contributed by atoms with Gasteiger partial charge in [0.15, 0.2) is 0 Å². The van der Waals surface area contributed by atoms with Crippen LogP contribution in [-0.2, 0) is 21.2 Å². The van der Waals surface area contributed by atoms with Crippen LogP contribution in [0.3, 0.4) is 0 Å². The van der Waals surface area contributed by atoms with Crippen molar-refractivity contribution in [3.63, 3.8) is 0 Å². The summed E-state index contributed by atoms with van der Waals surface area (Å²) in [5, 5.41) is 0. The Balaban J connectivity index is 1.29. The van der Waals surface area contributed by atoms with Gasteiger partial charge in [0.2, 0.25) is 15.9 Å². The quantitative estimate of drug-likeness (QED) is 0.570. The van der Waals surface area contributed by atoms with Crippen LogP contribution >= 0.6 is 0 Å². The molecule has 1 saturated heterocycles. The second kappa shape index (κ2) is 8.77.